The largest absolute Gasteiger partial charge is 0.481 e. The van der Waals surface area contributed by atoms with E-state index in [1.807, 2.05) is 13.8 Å². The van der Waals surface area contributed by atoms with Crippen LogP contribution in [-0.2, 0) is 9.59 Å². The second-order valence-electron chi connectivity index (χ2n) is 9.84. The predicted molar refractivity (Wildman–Crippen MR) is 136 cm³/mol. The van der Waals surface area contributed by atoms with E-state index in [0.717, 1.165) is 12.8 Å². The molecule has 1 aromatic carbocycles. The van der Waals surface area contributed by atoms with Gasteiger partial charge in [0.2, 0.25) is 5.91 Å². The maximum atomic E-state index is 13.7. The number of hydrogen-bond donors (Lipinski definition) is 3. The Hall–Kier alpha value is -3.34. The van der Waals surface area contributed by atoms with Crippen LogP contribution in [0.4, 0.5) is 0 Å². The van der Waals surface area contributed by atoms with Gasteiger partial charge >= 0.3 is 5.97 Å². The number of piperidine rings is 1. The SMILES string of the molecule is C#CCN(C(=O)c1ccc(C(=N)N)cc1)[C@H](CCCC)C(C)(C)C(=O)N1CCC(CC(=O)O)CC1. The van der Waals surface area contributed by atoms with Crippen molar-refractivity contribution >= 4 is 23.6 Å². The van der Waals surface area contributed by atoms with Gasteiger partial charge in [-0.15, -0.1) is 6.42 Å². The zero-order chi connectivity index (χ0) is 26.2. The lowest BCUT2D eigenvalue weighted by Crippen LogP contribution is -2.56. The first-order valence-corrected chi connectivity index (χ1v) is 12.2. The monoisotopic (exact) mass is 482 g/mol. The first kappa shape index (κ1) is 27.9. The van der Waals surface area contributed by atoms with Crippen molar-refractivity contribution in [3.63, 3.8) is 0 Å². The molecule has 0 radical (unpaired) electrons. The zero-order valence-electron chi connectivity index (χ0n) is 21.0. The summed E-state index contributed by atoms with van der Waals surface area (Å²) >= 11 is 0. The van der Waals surface area contributed by atoms with Crippen molar-refractivity contribution in [3.05, 3.63) is 35.4 Å². The number of nitrogens with two attached hydrogens (primary N) is 1. The second kappa shape index (κ2) is 12.4. The molecule has 1 aliphatic rings. The lowest BCUT2D eigenvalue weighted by Gasteiger charge is -2.44. The number of terminal acetylenes is 1. The highest BCUT2D eigenvalue weighted by Crippen LogP contribution is 2.34. The molecule has 0 saturated carbocycles. The van der Waals surface area contributed by atoms with E-state index in [-0.39, 0.29) is 36.5 Å². The van der Waals surface area contributed by atoms with Crippen LogP contribution < -0.4 is 5.73 Å². The number of aliphatic carboxylic acids is 1. The number of amidine groups is 1. The van der Waals surface area contributed by atoms with Gasteiger partial charge < -0.3 is 20.6 Å². The van der Waals surface area contributed by atoms with Crippen molar-refractivity contribution in [2.24, 2.45) is 17.1 Å². The van der Waals surface area contributed by atoms with Gasteiger partial charge in [0.25, 0.3) is 5.91 Å². The van der Waals surface area contributed by atoms with Crippen molar-refractivity contribution in [2.45, 2.75) is 65.3 Å². The van der Waals surface area contributed by atoms with Crippen molar-refractivity contribution in [1.29, 1.82) is 5.41 Å². The average Bonchev–Trinajstić information content (AvgIpc) is 2.82. The average molecular weight is 483 g/mol. The molecule has 0 unspecified atom stereocenters. The number of carbonyl (C=O) groups excluding carboxylic acids is 2. The summed E-state index contributed by atoms with van der Waals surface area (Å²) in [6.07, 6.45) is 9.47. The molecular formula is C27H38N4O4. The molecule has 190 valence electrons. The number of carboxylic acids is 1. The van der Waals surface area contributed by atoms with Gasteiger partial charge in [-0.05, 0) is 51.2 Å². The van der Waals surface area contributed by atoms with E-state index in [4.69, 9.17) is 22.7 Å². The molecule has 8 nitrogen and oxygen atoms in total. The van der Waals surface area contributed by atoms with Crippen LogP contribution in [0, 0.1) is 29.1 Å². The van der Waals surface area contributed by atoms with E-state index < -0.39 is 17.4 Å². The van der Waals surface area contributed by atoms with Gasteiger partial charge in [0.1, 0.15) is 5.84 Å². The van der Waals surface area contributed by atoms with E-state index in [1.54, 1.807) is 34.1 Å². The van der Waals surface area contributed by atoms with Crippen LogP contribution in [-0.4, -0.2) is 64.2 Å². The van der Waals surface area contributed by atoms with Crippen LogP contribution in [0.25, 0.3) is 0 Å². The minimum absolute atomic E-state index is 0.0471. The summed E-state index contributed by atoms with van der Waals surface area (Å²) in [5.74, 6) is 1.47. The smallest absolute Gasteiger partial charge is 0.303 e. The number of carbonyl (C=O) groups is 3. The third-order valence-corrected chi connectivity index (χ3v) is 6.92. The van der Waals surface area contributed by atoms with Crippen LogP contribution >= 0.6 is 0 Å². The summed E-state index contributed by atoms with van der Waals surface area (Å²) in [5, 5.41) is 16.6. The Morgan fingerprint density at radius 2 is 1.80 bits per heavy atom. The number of nitrogens with zero attached hydrogens (tertiary/aromatic N) is 2. The molecule has 4 N–H and O–H groups in total. The number of rotatable bonds is 11. The first-order chi connectivity index (χ1) is 16.5. The summed E-state index contributed by atoms with van der Waals surface area (Å²) in [5.41, 5.74) is 5.59. The van der Waals surface area contributed by atoms with Crippen molar-refractivity contribution in [2.75, 3.05) is 19.6 Å². The molecule has 1 atom stereocenters. The van der Waals surface area contributed by atoms with Crippen LogP contribution in [0.3, 0.4) is 0 Å². The molecule has 2 amide bonds. The van der Waals surface area contributed by atoms with Crippen LogP contribution in [0.1, 0.15) is 75.2 Å². The summed E-state index contributed by atoms with van der Waals surface area (Å²) in [6.45, 7) is 6.89. The molecule has 1 heterocycles. The molecule has 1 aromatic rings. The highest BCUT2D eigenvalue weighted by molar-refractivity contribution is 5.98. The summed E-state index contributed by atoms with van der Waals surface area (Å²) in [7, 11) is 0. The van der Waals surface area contributed by atoms with Gasteiger partial charge in [0, 0.05) is 36.7 Å². The normalized spacial score (nSPS) is 15.2. The van der Waals surface area contributed by atoms with Gasteiger partial charge in [-0.1, -0.05) is 37.8 Å². The maximum Gasteiger partial charge on any atom is 0.303 e. The van der Waals surface area contributed by atoms with Gasteiger partial charge in [-0.2, -0.15) is 0 Å². The van der Waals surface area contributed by atoms with Crippen LogP contribution in [0.15, 0.2) is 24.3 Å². The number of unbranched alkanes of at least 4 members (excludes halogenated alkanes) is 1. The fraction of sp³-hybridized carbons (Fsp3) is 0.556. The molecule has 0 aliphatic carbocycles. The third-order valence-electron chi connectivity index (χ3n) is 6.92. The van der Waals surface area contributed by atoms with Gasteiger partial charge in [0.15, 0.2) is 0 Å². The topological polar surface area (TPSA) is 128 Å². The lowest BCUT2D eigenvalue weighted by molar-refractivity contribution is -0.145. The van der Waals surface area contributed by atoms with Crippen LogP contribution in [0.2, 0.25) is 0 Å². The standard InChI is InChI=1S/C27H38N4O4/c1-5-7-8-22(27(3,4)26(35)30-16-13-19(14-17-30)18-23(32)33)31(15-6-2)25(34)21-11-9-20(10-12-21)24(28)29/h2,9-12,19,22H,5,7-8,13-18H2,1,3-4H3,(H3,28,29)(H,32,33)/t22-/m1/s1. The van der Waals surface area contributed by atoms with E-state index >= 15 is 0 Å². The minimum atomic E-state index is -0.888. The lowest BCUT2D eigenvalue weighted by atomic mass is 9.78. The second-order valence-corrected chi connectivity index (χ2v) is 9.84. The number of hydrogen-bond acceptors (Lipinski definition) is 4. The number of carboxylic acid groups (broad SMARTS) is 1. The molecule has 0 spiro atoms. The number of likely N-dealkylation sites (tertiary alicyclic amines) is 1. The van der Waals surface area contributed by atoms with Gasteiger partial charge in [-0.3, -0.25) is 19.8 Å². The number of nitrogen functional groups attached to an aromatic ring is 1. The Kier molecular flexibility index (Phi) is 9.88. The Bertz CT molecular complexity index is 956. The van der Waals surface area contributed by atoms with Gasteiger partial charge in [0.05, 0.1) is 12.0 Å². The molecule has 8 heteroatoms. The molecule has 1 fully saturated rings. The quantitative estimate of drug-likeness (QED) is 0.253. The minimum Gasteiger partial charge on any atom is -0.481 e. The zero-order valence-corrected chi connectivity index (χ0v) is 21.0. The van der Waals surface area contributed by atoms with Crippen molar-refractivity contribution in [3.8, 4) is 12.3 Å². The Labute approximate surface area is 208 Å². The molecule has 2 rings (SSSR count). The maximum absolute atomic E-state index is 13.7. The Morgan fingerprint density at radius 1 is 1.23 bits per heavy atom. The van der Waals surface area contributed by atoms with E-state index in [1.165, 1.54) is 0 Å². The molecular weight excluding hydrogens is 444 g/mol. The summed E-state index contributed by atoms with van der Waals surface area (Å²) < 4.78 is 0. The fourth-order valence-electron chi connectivity index (χ4n) is 4.82. The molecule has 0 bridgehead atoms. The highest BCUT2D eigenvalue weighted by atomic mass is 16.4. The number of nitrogens with one attached hydrogen (secondary N) is 1. The van der Waals surface area contributed by atoms with E-state index in [9.17, 15) is 14.4 Å². The Balaban J connectivity index is 2.30. The summed E-state index contributed by atoms with van der Waals surface area (Å²) in [6, 6.07) is 6.09. The molecule has 35 heavy (non-hydrogen) atoms. The Morgan fingerprint density at radius 3 is 2.29 bits per heavy atom. The van der Waals surface area contributed by atoms with Crippen molar-refractivity contribution < 1.29 is 19.5 Å². The number of benzene rings is 1. The van der Waals surface area contributed by atoms with Crippen LogP contribution in [0.5, 0.6) is 0 Å². The molecule has 1 saturated heterocycles. The van der Waals surface area contributed by atoms with E-state index in [0.29, 0.717) is 43.5 Å². The highest BCUT2D eigenvalue weighted by Gasteiger charge is 2.44. The van der Waals surface area contributed by atoms with Gasteiger partial charge in [-0.25, -0.2) is 0 Å². The fourth-order valence-corrected chi connectivity index (χ4v) is 4.82. The van der Waals surface area contributed by atoms with E-state index in [2.05, 4.69) is 12.8 Å². The molecule has 1 aliphatic heterocycles. The number of amides is 2. The van der Waals surface area contributed by atoms with Crippen molar-refractivity contribution in [1.82, 2.24) is 9.80 Å². The predicted octanol–water partition coefficient (Wildman–Crippen LogP) is 3.34. The molecule has 0 aromatic heterocycles. The third kappa shape index (κ3) is 7.08. The first-order valence-electron chi connectivity index (χ1n) is 12.2. The summed E-state index contributed by atoms with van der Waals surface area (Å²) in [4.78, 5) is 41.8.